The highest BCUT2D eigenvalue weighted by Crippen LogP contribution is 2.37. The average Bonchev–Trinajstić information content (AvgIpc) is 2.87. The molecule has 1 unspecified atom stereocenters. The van der Waals surface area contributed by atoms with E-state index in [1.807, 2.05) is 24.0 Å². The highest BCUT2D eigenvalue weighted by atomic mass is 19.1. The largest absolute Gasteiger partial charge is 0.377 e. The number of likely N-dealkylation sites (N-methyl/N-ethyl adjacent to an activating group) is 1. The minimum absolute atomic E-state index is 0.0174. The van der Waals surface area contributed by atoms with Crippen LogP contribution in [0.5, 0.6) is 0 Å². The Hall–Kier alpha value is -4.05. The summed E-state index contributed by atoms with van der Waals surface area (Å²) < 4.78 is 18.6. The smallest absolute Gasteiger partial charge is 0.255 e. The molecule has 1 atom stereocenters. The number of morpholine rings is 1. The molecule has 0 radical (unpaired) electrons. The number of hydrogen-bond acceptors (Lipinski definition) is 7. The van der Waals surface area contributed by atoms with E-state index in [9.17, 15) is 14.0 Å². The molecule has 1 aromatic heterocycles. The van der Waals surface area contributed by atoms with Crippen LogP contribution in [0, 0.1) is 12.7 Å². The first-order valence-electron chi connectivity index (χ1n) is 11.3. The summed E-state index contributed by atoms with van der Waals surface area (Å²) >= 11 is 0. The molecule has 0 spiro atoms. The van der Waals surface area contributed by atoms with Crippen molar-refractivity contribution in [1.29, 1.82) is 0 Å². The number of benzene rings is 2. The molecule has 0 bridgehead atoms. The third-order valence-electron chi connectivity index (χ3n) is 6.16. The second kappa shape index (κ2) is 9.30. The van der Waals surface area contributed by atoms with E-state index >= 15 is 0 Å². The third-order valence-corrected chi connectivity index (χ3v) is 6.16. The third kappa shape index (κ3) is 4.52. The van der Waals surface area contributed by atoms with E-state index in [-0.39, 0.29) is 23.7 Å². The minimum atomic E-state index is -0.387. The van der Waals surface area contributed by atoms with E-state index in [2.05, 4.69) is 15.6 Å². The second-order valence-electron chi connectivity index (χ2n) is 8.50. The number of fused-ring (bicyclic) bond motifs is 3. The summed E-state index contributed by atoms with van der Waals surface area (Å²) in [5.41, 5.74) is 3.43. The van der Waals surface area contributed by atoms with Crippen molar-refractivity contribution in [2.45, 2.75) is 19.5 Å². The van der Waals surface area contributed by atoms with E-state index in [0.717, 1.165) is 22.8 Å². The maximum absolute atomic E-state index is 13.1. The van der Waals surface area contributed by atoms with Crippen molar-refractivity contribution in [1.82, 2.24) is 9.97 Å². The molecular formula is C25H25FN6O3. The first kappa shape index (κ1) is 22.7. The lowest BCUT2D eigenvalue weighted by atomic mass is 10.1. The van der Waals surface area contributed by atoms with Gasteiger partial charge in [0, 0.05) is 31.4 Å². The van der Waals surface area contributed by atoms with E-state index in [0.29, 0.717) is 43.5 Å². The second-order valence-corrected chi connectivity index (χ2v) is 8.50. The Morgan fingerprint density at radius 3 is 2.63 bits per heavy atom. The van der Waals surface area contributed by atoms with Crippen LogP contribution in [0.2, 0.25) is 0 Å². The fourth-order valence-electron chi connectivity index (χ4n) is 4.31. The molecule has 180 valence electrons. The molecule has 35 heavy (non-hydrogen) atoms. The molecule has 1 fully saturated rings. The summed E-state index contributed by atoms with van der Waals surface area (Å²) in [6.45, 7) is 3.83. The van der Waals surface area contributed by atoms with Gasteiger partial charge in [-0.3, -0.25) is 9.59 Å². The predicted molar refractivity (Wildman–Crippen MR) is 130 cm³/mol. The number of aryl methyl sites for hydroxylation is 1. The summed E-state index contributed by atoms with van der Waals surface area (Å²) in [6.07, 6.45) is 0. The number of halogens is 1. The van der Waals surface area contributed by atoms with Gasteiger partial charge in [-0.05, 0) is 48.9 Å². The predicted octanol–water partition coefficient (Wildman–Crippen LogP) is 2.97. The van der Waals surface area contributed by atoms with Crippen LogP contribution in [0.1, 0.15) is 21.6 Å². The number of aromatic nitrogens is 2. The summed E-state index contributed by atoms with van der Waals surface area (Å²) in [6, 6.07) is 12.4. The summed E-state index contributed by atoms with van der Waals surface area (Å²) in [4.78, 5) is 38.0. The van der Waals surface area contributed by atoms with Crippen molar-refractivity contribution in [3.05, 3.63) is 71.2 Å². The number of ether oxygens (including phenoxy) is 1. The number of rotatable bonds is 5. The maximum Gasteiger partial charge on any atom is 0.255 e. The van der Waals surface area contributed by atoms with Crippen molar-refractivity contribution < 1.29 is 18.7 Å². The average molecular weight is 477 g/mol. The summed E-state index contributed by atoms with van der Waals surface area (Å²) in [5, 5.41) is 6.06. The molecule has 3 heterocycles. The molecule has 3 aromatic rings. The number of carbonyl (C=O) groups excluding carboxylic acids is 2. The SMILES string of the molecule is Cc1nc(NCc2ccc(NC(=O)c3ccc(F)cc3)cc2)nc2c1N(C)C(=O)C1COCCN21. The zero-order chi connectivity index (χ0) is 24.5. The fourth-order valence-corrected chi connectivity index (χ4v) is 4.31. The van der Waals surface area contributed by atoms with Crippen molar-refractivity contribution in [2.24, 2.45) is 0 Å². The molecule has 2 aliphatic heterocycles. The van der Waals surface area contributed by atoms with Crippen LogP contribution >= 0.6 is 0 Å². The van der Waals surface area contributed by atoms with E-state index < -0.39 is 0 Å². The summed E-state index contributed by atoms with van der Waals surface area (Å²) in [5.74, 6) is 0.494. The lowest BCUT2D eigenvalue weighted by Crippen LogP contribution is -2.58. The molecule has 0 aliphatic carbocycles. The van der Waals surface area contributed by atoms with Crippen LogP contribution in [0.15, 0.2) is 48.5 Å². The molecule has 10 heteroatoms. The van der Waals surface area contributed by atoms with Gasteiger partial charge >= 0.3 is 0 Å². The Morgan fingerprint density at radius 1 is 1.14 bits per heavy atom. The van der Waals surface area contributed by atoms with Crippen molar-refractivity contribution in [3.8, 4) is 0 Å². The van der Waals surface area contributed by atoms with Gasteiger partial charge in [0.2, 0.25) is 5.95 Å². The lowest BCUT2D eigenvalue weighted by molar-refractivity contribution is -0.122. The Balaban J connectivity index is 1.27. The van der Waals surface area contributed by atoms with Crippen LogP contribution in [0.3, 0.4) is 0 Å². The zero-order valence-corrected chi connectivity index (χ0v) is 19.4. The van der Waals surface area contributed by atoms with Gasteiger partial charge < -0.3 is 25.2 Å². The van der Waals surface area contributed by atoms with Gasteiger partial charge in [-0.2, -0.15) is 4.98 Å². The molecule has 2 N–H and O–H groups in total. The highest BCUT2D eigenvalue weighted by molar-refractivity contribution is 6.05. The fraction of sp³-hybridized carbons (Fsp3) is 0.280. The minimum Gasteiger partial charge on any atom is -0.377 e. The maximum atomic E-state index is 13.1. The molecule has 2 amide bonds. The first-order valence-corrected chi connectivity index (χ1v) is 11.3. The van der Waals surface area contributed by atoms with Gasteiger partial charge in [0.25, 0.3) is 11.8 Å². The van der Waals surface area contributed by atoms with E-state index in [1.54, 1.807) is 24.1 Å². The standard InChI is InChI=1S/C25H25FN6O3/c1-15-21-22(32-11-12-35-14-20(32)24(34)31(21)2)30-25(28-15)27-13-16-3-9-19(10-4-16)29-23(33)17-5-7-18(26)8-6-17/h3-10,20H,11-14H2,1-2H3,(H,29,33)(H,27,28,30). The number of anilines is 4. The molecule has 2 aromatic carbocycles. The van der Waals surface area contributed by atoms with Gasteiger partial charge in [-0.15, -0.1) is 0 Å². The lowest BCUT2D eigenvalue weighted by Gasteiger charge is -2.43. The van der Waals surface area contributed by atoms with Gasteiger partial charge in [-0.25, -0.2) is 9.37 Å². The van der Waals surface area contributed by atoms with Gasteiger partial charge in [0.1, 0.15) is 17.5 Å². The topological polar surface area (TPSA) is 99.7 Å². The molecule has 1 saturated heterocycles. The van der Waals surface area contributed by atoms with E-state index in [1.165, 1.54) is 24.3 Å². The first-order chi connectivity index (χ1) is 16.9. The number of carbonyl (C=O) groups is 2. The number of nitrogens with one attached hydrogen (secondary N) is 2. The van der Waals surface area contributed by atoms with Crippen LogP contribution in [0.4, 0.5) is 27.5 Å². The van der Waals surface area contributed by atoms with Crippen LogP contribution in [0.25, 0.3) is 0 Å². The van der Waals surface area contributed by atoms with Crippen molar-refractivity contribution in [3.63, 3.8) is 0 Å². The molecule has 0 saturated carbocycles. The number of amides is 2. The Bertz CT molecular complexity index is 1270. The van der Waals surface area contributed by atoms with Gasteiger partial charge in [0.15, 0.2) is 5.82 Å². The monoisotopic (exact) mass is 476 g/mol. The highest BCUT2D eigenvalue weighted by Gasteiger charge is 2.40. The van der Waals surface area contributed by atoms with E-state index in [4.69, 9.17) is 9.72 Å². The Morgan fingerprint density at radius 2 is 1.89 bits per heavy atom. The van der Waals surface area contributed by atoms with Gasteiger partial charge in [0.05, 0.1) is 18.9 Å². The normalized spacial score (nSPS) is 17.0. The molecular weight excluding hydrogens is 451 g/mol. The summed E-state index contributed by atoms with van der Waals surface area (Å²) in [7, 11) is 1.74. The van der Waals surface area contributed by atoms with Crippen LogP contribution in [-0.2, 0) is 16.1 Å². The quantitative estimate of drug-likeness (QED) is 0.584. The van der Waals surface area contributed by atoms with Gasteiger partial charge in [-0.1, -0.05) is 12.1 Å². The molecule has 2 aliphatic rings. The van der Waals surface area contributed by atoms with Crippen LogP contribution < -0.4 is 20.4 Å². The van der Waals surface area contributed by atoms with Crippen LogP contribution in [-0.4, -0.2) is 54.6 Å². The Labute approximate surface area is 201 Å². The molecule has 9 nitrogen and oxygen atoms in total. The number of nitrogens with zero attached hydrogens (tertiary/aromatic N) is 4. The Kier molecular flexibility index (Phi) is 6.04. The number of hydrogen-bond donors (Lipinski definition) is 2. The van der Waals surface area contributed by atoms with Crippen molar-refractivity contribution >= 4 is 35.0 Å². The zero-order valence-electron chi connectivity index (χ0n) is 19.4. The molecule has 5 rings (SSSR count). The van der Waals surface area contributed by atoms with Crippen molar-refractivity contribution in [2.75, 3.05) is 47.2 Å².